The van der Waals surface area contributed by atoms with Crippen LogP contribution in [0.25, 0.3) is 0 Å². The summed E-state index contributed by atoms with van der Waals surface area (Å²) in [5.41, 5.74) is 0.290. The predicted molar refractivity (Wildman–Crippen MR) is 83.0 cm³/mol. The van der Waals surface area contributed by atoms with Crippen LogP contribution in [0.5, 0.6) is 0 Å². The molecule has 0 saturated heterocycles. The van der Waals surface area contributed by atoms with E-state index in [1.807, 2.05) is 0 Å². The number of anilines is 1. The number of non-ortho nitro benzene ring substituents is 1. The molecule has 1 heterocycles. The first-order valence-corrected chi connectivity index (χ1v) is 7.72. The number of hydrogen-bond donors (Lipinski definition) is 2. The first kappa shape index (κ1) is 15.4. The van der Waals surface area contributed by atoms with Crippen LogP contribution in [0.2, 0.25) is 0 Å². The van der Waals surface area contributed by atoms with Gasteiger partial charge in [0.05, 0.1) is 31.4 Å². The average Bonchev–Trinajstić information content (AvgIpc) is 2.47. The van der Waals surface area contributed by atoms with Gasteiger partial charge in [-0.05, 0) is 30.1 Å². The molecule has 1 atom stereocenters. The number of nitro groups is 1. The fraction of sp³-hybridized carbons (Fsp3) is 0. The number of hydrogen-bond acceptors (Lipinski definition) is 5. The lowest BCUT2D eigenvalue weighted by atomic mass is 10.3. The summed E-state index contributed by atoms with van der Waals surface area (Å²) in [6.45, 7) is 0. The van der Waals surface area contributed by atoms with E-state index >= 15 is 0 Å². The minimum absolute atomic E-state index is 0.140. The Hall–Kier alpha value is -2.94. The molecule has 8 nitrogen and oxygen atoms in total. The average molecular weight is 320 g/mol. The van der Waals surface area contributed by atoms with Crippen molar-refractivity contribution < 1.29 is 13.9 Å². The number of carbonyl (C=O) groups is 1. The highest BCUT2D eigenvalue weighted by molar-refractivity contribution is 7.99. The van der Waals surface area contributed by atoms with E-state index in [2.05, 4.69) is 20.9 Å². The molecule has 2 rings (SSSR count). The zero-order valence-corrected chi connectivity index (χ0v) is 12.1. The normalized spacial score (nSPS) is 12.9. The van der Waals surface area contributed by atoms with Crippen LogP contribution in [-0.2, 0) is 9.71 Å². The standard InChI is InChI=1S/C13H12N4O4S/c1-22(21,12-6-4-11(5-7-12)17(19)20)16-13(18)15-10-3-2-8-14-9-10/h2-9H,1H2,(H2,15,16,18,21). The molecule has 1 unspecified atom stereocenters. The fourth-order valence-corrected chi connectivity index (χ4v) is 2.63. The number of aromatic nitrogens is 1. The summed E-state index contributed by atoms with van der Waals surface area (Å²) >= 11 is 0. The van der Waals surface area contributed by atoms with Crippen molar-refractivity contribution >= 4 is 33.0 Å². The molecule has 9 heteroatoms. The van der Waals surface area contributed by atoms with Gasteiger partial charge in [0.25, 0.3) is 5.69 Å². The van der Waals surface area contributed by atoms with Gasteiger partial charge >= 0.3 is 6.03 Å². The Labute approximate surface area is 126 Å². The third kappa shape index (κ3) is 3.79. The highest BCUT2D eigenvalue weighted by Crippen LogP contribution is 2.15. The topological polar surface area (TPSA) is 114 Å². The maximum Gasteiger partial charge on any atom is 0.330 e. The summed E-state index contributed by atoms with van der Waals surface area (Å²) in [7, 11) is -3.13. The number of rotatable bonds is 4. The van der Waals surface area contributed by atoms with E-state index in [-0.39, 0.29) is 10.6 Å². The van der Waals surface area contributed by atoms with Crippen molar-refractivity contribution in [1.29, 1.82) is 0 Å². The number of pyridine rings is 1. The van der Waals surface area contributed by atoms with Gasteiger partial charge in [-0.25, -0.2) is 9.00 Å². The molecular weight excluding hydrogens is 308 g/mol. The van der Waals surface area contributed by atoms with E-state index < -0.39 is 20.7 Å². The molecule has 0 spiro atoms. The van der Waals surface area contributed by atoms with Crippen LogP contribution in [-0.4, -0.2) is 26.0 Å². The van der Waals surface area contributed by atoms with E-state index in [0.29, 0.717) is 5.69 Å². The van der Waals surface area contributed by atoms with Gasteiger partial charge in [-0.15, -0.1) is 0 Å². The molecule has 0 aliphatic heterocycles. The van der Waals surface area contributed by atoms with Crippen molar-refractivity contribution in [1.82, 2.24) is 9.71 Å². The van der Waals surface area contributed by atoms with Gasteiger partial charge in [0.15, 0.2) is 0 Å². The second kappa shape index (κ2) is 6.22. The van der Waals surface area contributed by atoms with E-state index in [4.69, 9.17) is 0 Å². The van der Waals surface area contributed by atoms with Gasteiger partial charge in [0, 0.05) is 18.3 Å². The summed E-state index contributed by atoms with van der Waals surface area (Å²) in [5.74, 6) is 3.47. The van der Waals surface area contributed by atoms with E-state index in [9.17, 15) is 19.1 Å². The Kier molecular flexibility index (Phi) is 4.37. The zero-order valence-electron chi connectivity index (χ0n) is 11.3. The Bertz CT molecular complexity index is 789. The van der Waals surface area contributed by atoms with Crippen LogP contribution in [0.1, 0.15) is 0 Å². The molecule has 2 aromatic rings. The molecule has 0 fully saturated rings. The molecule has 114 valence electrons. The molecule has 0 aliphatic carbocycles. The Morgan fingerprint density at radius 1 is 1.27 bits per heavy atom. The maximum absolute atomic E-state index is 12.4. The molecule has 1 aromatic heterocycles. The van der Waals surface area contributed by atoms with E-state index in [1.54, 1.807) is 18.3 Å². The monoisotopic (exact) mass is 320 g/mol. The summed E-state index contributed by atoms with van der Waals surface area (Å²) < 4.78 is 14.6. The van der Waals surface area contributed by atoms with E-state index in [0.717, 1.165) is 0 Å². The number of nitro benzene ring substituents is 1. The predicted octanol–water partition coefficient (Wildman–Crippen LogP) is 1.80. The second-order valence-corrected chi connectivity index (χ2v) is 6.25. The van der Waals surface area contributed by atoms with Crippen LogP contribution < -0.4 is 10.0 Å². The van der Waals surface area contributed by atoms with Crippen molar-refractivity contribution in [2.45, 2.75) is 4.90 Å². The van der Waals surface area contributed by atoms with Crippen molar-refractivity contribution in [2.75, 3.05) is 5.32 Å². The number of nitrogens with one attached hydrogen (secondary N) is 2. The van der Waals surface area contributed by atoms with Crippen molar-refractivity contribution in [2.24, 2.45) is 0 Å². The number of nitrogens with zero attached hydrogens (tertiary/aromatic N) is 2. The van der Waals surface area contributed by atoms with E-state index in [1.165, 1.54) is 30.5 Å². The molecule has 22 heavy (non-hydrogen) atoms. The molecule has 0 radical (unpaired) electrons. The van der Waals surface area contributed by atoms with Crippen LogP contribution in [0.4, 0.5) is 16.2 Å². The summed E-state index contributed by atoms with van der Waals surface area (Å²) in [6.07, 6.45) is 2.97. The number of urea groups is 1. The van der Waals surface area contributed by atoms with Gasteiger partial charge in [0.1, 0.15) is 0 Å². The highest BCUT2D eigenvalue weighted by Gasteiger charge is 2.13. The first-order chi connectivity index (χ1) is 10.4. The minimum atomic E-state index is -3.13. The van der Waals surface area contributed by atoms with Crippen molar-refractivity contribution in [3.63, 3.8) is 0 Å². The SMILES string of the molecule is C=S(=O)(NC(=O)Nc1cccnc1)c1ccc([N+](=O)[O-])cc1. The van der Waals surface area contributed by atoms with Gasteiger partial charge in [0.2, 0.25) is 0 Å². The van der Waals surface area contributed by atoms with Crippen LogP contribution in [0, 0.1) is 10.1 Å². The van der Waals surface area contributed by atoms with Crippen LogP contribution >= 0.6 is 0 Å². The summed E-state index contributed by atoms with van der Waals surface area (Å²) in [6, 6.07) is 7.50. The molecule has 2 N–H and O–H groups in total. The largest absolute Gasteiger partial charge is 0.330 e. The molecule has 0 saturated carbocycles. The lowest BCUT2D eigenvalue weighted by molar-refractivity contribution is -0.384. The molecule has 2 amide bonds. The molecular formula is C13H12N4O4S. The second-order valence-electron chi connectivity index (χ2n) is 4.22. The molecule has 1 aromatic carbocycles. The van der Waals surface area contributed by atoms with Gasteiger partial charge in [-0.2, -0.15) is 0 Å². The Balaban J connectivity index is 2.10. The zero-order chi connectivity index (χ0) is 16.2. The number of benzene rings is 1. The lowest BCUT2D eigenvalue weighted by Gasteiger charge is -2.12. The van der Waals surface area contributed by atoms with Crippen LogP contribution in [0.3, 0.4) is 0 Å². The fourth-order valence-electron chi connectivity index (χ4n) is 1.59. The van der Waals surface area contributed by atoms with Crippen molar-refractivity contribution in [3.05, 3.63) is 58.9 Å². The minimum Gasteiger partial charge on any atom is -0.306 e. The van der Waals surface area contributed by atoms with Gasteiger partial charge in [-0.1, -0.05) is 0 Å². The summed E-state index contributed by atoms with van der Waals surface area (Å²) in [4.78, 5) is 25.8. The summed E-state index contributed by atoms with van der Waals surface area (Å²) in [5, 5.41) is 13.0. The lowest BCUT2D eigenvalue weighted by Crippen LogP contribution is -2.34. The highest BCUT2D eigenvalue weighted by atomic mass is 32.2. The Morgan fingerprint density at radius 3 is 2.50 bits per heavy atom. The quantitative estimate of drug-likeness (QED) is 0.506. The third-order valence-electron chi connectivity index (χ3n) is 2.61. The van der Waals surface area contributed by atoms with Crippen molar-refractivity contribution in [3.8, 4) is 0 Å². The number of amides is 2. The first-order valence-electron chi connectivity index (χ1n) is 5.99. The third-order valence-corrected chi connectivity index (χ3v) is 4.15. The molecule has 0 aliphatic rings. The van der Waals surface area contributed by atoms with Gasteiger partial charge in [-0.3, -0.25) is 19.8 Å². The Morgan fingerprint density at radius 2 is 1.95 bits per heavy atom. The number of carbonyl (C=O) groups excluding carboxylic acids is 1. The van der Waals surface area contributed by atoms with Crippen LogP contribution in [0.15, 0.2) is 53.7 Å². The molecule has 0 bridgehead atoms. The maximum atomic E-state index is 12.4. The van der Waals surface area contributed by atoms with Gasteiger partial charge < -0.3 is 5.32 Å². The smallest absolute Gasteiger partial charge is 0.306 e.